The standard InChI is InChI=1S/C8H14O7S.C4H6O7S/c1-3-14-7(9)5-6(16(11,12)13)8(10)15-4-2;5-3(6)1-2(4(7)8)12(9,10)11/h6H,3-5H2,1-2H3,(H,11,12,13);2H,1H2,(H,5,6)(H,7,8)(H,9,10,11). The zero-order valence-corrected chi connectivity index (χ0v) is 16.3. The fourth-order valence-corrected chi connectivity index (χ4v) is 2.66. The predicted octanol–water partition coefficient (Wildman–Crippen LogP) is -1.44. The van der Waals surface area contributed by atoms with Crippen molar-refractivity contribution in [1.29, 1.82) is 0 Å². The Morgan fingerprint density at radius 1 is 0.786 bits per heavy atom. The Morgan fingerprint density at radius 2 is 1.21 bits per heavy atom. The van der Waals surface area contributed by atoms with Crippen LogP contribution in [0.1, 0.15) is 26.7 Å². The summed E-state index contributed by atoms with van der Waals surface area (Å²) in [6.45, 7) is 3.02. The summed E-state index contributed by atoms with van der Waals surface area (Å²) in [5.41, 5.74) is 0. The van der Waals surface area contributed by atoms with Gasteiger partial charge in [0.15, 0.2) is 10.5 Å². The highest BCUT2D eigenvalue weighted by Gasteiger charge is 2.35. The highest BCUT2D eigenvalue weighted by atomic mass is 32.2. The largest absolute Gasteiger partial charge is 0.481 e. The number of rotatable bonds is 10. The van der Waals surface area contributed by atoms with Gasteiger partial charge in [0.2, 0.25) is 0 Å². The molecule has 4 N–H and O–H groups in total. The molecule has 0 spiro atoms. The molecular formula is C12H20O14S2. The van der Waals surface area contributed by atoms with E-state index in [1.807, 2.05) is 0 Å². The van der Waals surface area contributed by atoms with E-state index < -0.39 is 67.5 Å². The molecule has 28 heavy (non-hydrogen) atoms. The van der Waals surface area contributed by atoms with Crippen LogP contribution in [0.2, 0.25) is 0 Å². The van der Waals surface area contributed by atoms with Crippen LogP contribution in [-0.2, 0) is 48.9 Å². The summed E-state index contributed by atoms with van der Waals surface area (Å²) in [6, 6.07) is 0. The van der Waals surface area contributed by atoms with Gasteiger partial charge in [-0.2, -0.15) is 16.8 Å². The number of aliphatic carboxylic acids is 2. The van der Waals surface area contributed by atoms with Gasteiger partial charge < -0.3 is 19.7 Å². The van der Waals surface area contributed by atoms with Crippen LogP contribution in [0, 0.1) is 0 Å². The number of ether oxygens (including phenoxy) is 2. The molecule has 0 rings (SSSR count). The van der Waals surface area contributed by atoms with Crippen LogP contribution < -0.4 is 0 Å². The summed E-state index contributed by atoms with van der Waals surface area (Å²) in [5.74, 6) is -5.56. The number of carboxylic acids is 2. The molecule has 2 atom stereocenters. The first kappa shape index (κ1) is 27.9. The maximum Gasteiger partial charge on any atom is 0.327 e. The van der Waals surface area contributed by atoms with E-state index in [9.17, 15) is 36.0 Å². The predicted molar refractivity (Wildman–Crippen MR) is 88.4 cm³/mol. The molecule has 0 aromatic rings. The number of carboxylic acid groups (broad SMARTS) is 2. The fraction of sp³-hybridized carbons (Fsp3) is 0.667. The van der Waals surface area contributed by atoms with Crippen LogP contribution in [0.3, 0.4) is 0 Å². The van der Waals surface area contributed by atoms with Crippen LogP contribution >= 0.6 is 0 Å². The highest BCUT2D eigenvalue weighted by molar-refractivity contribution is 7.87. The molecule has 0 saturated heterocycles. The molecule has 0 radical (unpaired) electrons. The normalized spacial score (nSPS) is 13.3. The lowest BCUT2D eigenvalue weighted by Crippen LogP contribution is -2.34. The van der Waals surface area contributed by atoms with Crippen molar-refractivity contribution in [3.63, 3.8) is 0 Å². The van der Waals surface area contributed by atoms with Gasteiger partial charge in [-0.1, -0.05) is 0 Å². The molecular weight excluding hydrogens is 432 g/mol. The Kier molecular flexibility index (Phi) is 12.2. The number of esters is 2. The molecule has 164 valence electrons. The Hall–Kier alpha value is -2.30. The van der Waals surface area contributed by atoms with Gasteiger partial charge in [0.25, 0.3) is 20.2 Å². The summed E-state index contributed by atoms with van der Waals surface area (Å²) < 4.78 is 68.0. The SMILES string of the molecule is CCOC(=O)CC(C(=O)OCC)S(=O)(=O)O.O=C(O)CC(C(=O)O)S(=O)(=O)O. The summed E-state index contributed by atoms with van der Waals surface area (Å²) in [5, 5.41) is 12.0. The van der Waals surface area contributed by atoms with E-state index in [4.69, 9.17) is 19.3 Å². The molecule has 0 aromatic heterocycles. The minimum Gasteiger partial charge on any atom is -0.481 e. The van der Waals surface area contributed by atoms with Crippen LogP contribution in [0.4, 0.5) is 0 Å². The second-order valence-corrected chi connectivity index (χ2v) is 7.90. The average Bonchev–Trinajstić information content (AvgIpc) is 2.49. The molecule has 0 aromatic carbocycles. The van der Waals surface area contributed by atoms with Crippen molar-refractivity contribution in [3.8, 4) is 0 Å². The summed E-state index contributed by atoms with van der Waals surface area (Å²) in [4.78, 5) is 42.2. The van der Waals surface area contributed by atoms with E-state index in [1.54, 1.807) is 0 Å². The third kappa shape index (κ3) is 12.2. The third-order valence-electron chi connectivity index (χ3n) is 2.56. The quantitative estimate of drug-likeness (QED) is 0.219. The maximum absolute atomic E-state index is 11.2. The molecule has 16 heteroatoms. The van der Waals surface area contributed by atoms with Gasteiger partial charge in [0.1, 0.15) is 0 Å². The lowest BCUT2D eigenvalue weighted by Gasteiger charge is -2.11. The molecule has 0 amide bonds. The minimum absolute atomic E-state index is 0.0479. The summed E-state index contributed by atoms with van der Waals surface area (Å²) >= 11 is 0. The minimum atomic E-state index is -4.84. The van der Waals surface area contributed by atoms with E-state index in [2.05, 4.69) is 9.47 Å². The maximum atomic E-state index is 11.2. The lowest BCUT2D eigenvalue weighted by molar-refractivity contribution is -0.149. The van der Waals surface area contributed by atoms with Crippen LogP contribution in [0.25, 0.3) is 0 Å². The second kappa shape index (κ2) is 12.2. The Balaban J connectivity index is 0. The topological polar surface area (TPSA) is 236 Å². The smallest absolute Gasteiger partial charge is 0.327 e. The van der Waals surface area contributed by atoms with Crippen molar-refractivity contribution >= 4 is 44.1 Å². The molecule has 0 aliphatic rings. The van der Waals surface area contributed by atoms with E-state index in [0.29, 0.717) is 0 Å². The zero-order chi connectivity index (χ0) is 22.7. The Bertz CT molecular complexity index is 766. The van der Waals surface area contributed by atoms with Crippen molar-refractivity contribution in [2.75, 3.05) is 13.2 Å². The van der Waals surface area contributed by atoms with Gasteiger partial charge in [0, 0.05) is 0 Å². The zero-order valence-electron chi connectivity index (χ0n) is 14.7. The van der Waals surface area contributed by atoms with Crippen LogP contribution in [0.15, 0.2) is 0 Å². The van der Waals surface area contributed by atoms with Crippen molar-refractivity contribution in [1.82, 2.24) is 0 Å². The molecule has 0 aliphatic carbocycles. The summed E-state index contributed by atoms with van der Waals surface area (Å²) in [7, 11) is -9.51. The fourth-order valence-electron chi connectivity index (χ4n) is 1.40. The van der Waals surface area contributed by atoms with Crippen molar-refractivity contribution in [2.45, 2.75) is 37.2 Å². The third-order valence-corrected chi connectivity index (χ3v) is 4.73. The van der Waals surface area contributed by atoms with Gasteiger partial charge in [-0.05, 0) is 13.8 Å². The van der Waals surface area contributed by atoms with E-state index >= 15 is 0 Å². The first-order valence-electron chi connectivity index (χ1n) is 7.27. The van der Waals surface area contributed by atoms with E-state index in [1.165, 1.54) is 13.8 Å². The lowest BCUT2D eigenvalue weighted by atomic mass is 10.3. The Labute approximate surface area is 159 Å². The van der Waals surface area contributed by atoms with Crippen molar-refractivity contribution in [3.05, 3.63) is 0 Å². The molecule has 0 fully saturated rings. The summed E-state index contributed by atoms with van der Waals surface area (Å²) in [6.07, 6.45) is -1.92. The van der Waals surface area contributed by atoms with Crippen LogP contribution in [0.5, 0.6) is 0 Å². The monoisotopic (exact) mass is 452 g/mol. The second-order valence-electron chi connectivity index (χ2n) is 4.70. The molecule has 2 unspecified atom stereocenters. The number of hydrogen-bond acceptors (Lipinski definition) is 10. The van der Waals surface area contributed by atoms with Crippen molar-refractivity contribution < 1.29 is 64.8 Å². The molecule has 0 heterocycles. The Morgan fingerprint density at radius 3 is 1.46 bits per heavy atom. The average molecular weight is 452 g/mol. The van der Waals surface area contributed by atoms with Crippen LogP contribution in [-0.4, -0.2) is 83.7 Å². The number of hydrogen-bond donors (Lipinski definition) is 4. The molecule has 14 nitrogen and oxygen atoms in total. The first-order chi connectivity index (χ1) is 12.6. The highest BCUT2D eigenvalue weighted by Crippen LogP contribution is 2.08. The van der Waals surface area contributed by atoms with Gasteiger partial charge in [-0.15, -0.1) is 0 Å². The van der Waals surface area contributed by atoms with Gasteiger partial charge in [-0.3, -0.25) is 28.3 Å². The number of carbonyl (C=O) groups is 4. The molecule has 0 bridgehead atoms. The van der Waals surface area contributed by atoms with E-state index in [0.717, 1.165) is 0 Å². The number of carbonyl (C=O) groups excluding carboxylic acids is 2. The van der Waals surface area contributed by atoms with Gasteiger partial charge >= 0.3 is 23.9 Å². The molecule has 0 aliphatic heterocycles. The first-order valence-corrected chi connectivity index (χ1v) is 10.3. The van der Waals surface area contributed by atoms with Gasteiger partial charge in [0.05, 0.1) is 26.1 Å². The van der Waals surface area contributed by atoms with Gasteiger partial charge in [-0.25, -0.2) is 0 Å². The molecule has 0 saturated carbocycles. The van der Waals surface area contributed by atoms with Crippen molar-refractivity contribution in [2.24, 2.45) is 0 Å². The van der Waals surface area contributed by atoms with E-state index in [-0.39, 0.29) is 13.2 Å².